The smallest absolute Gasteiger partial charge is 0.308 e. The summed E-state index contributed by atoms with van der Waals surface area (Å²) < 4.78 is 4.73. The van der Waals surface area contributed by atoms with Crippen LogP contribution >= 0.6 is 0 Å². The van der Waals surface area contributed by atoms with Crippen LogP contribution in [0.15, 0.2) is 36.4 Å². The highest BCUT2D eigenvalue weighted by atomic mass is 16.5. The first kappa shape index (κ1) is 12.5. The van der Waals surface area contributed by atoms with Crippen molar-refractivity contribution in [3.05, 3.63) is 42.0 Å². The second-order valence-electron chi connectivity index (χ2n) is 3.35. The summed E-state index contributed by atoms with van der Waals surface area (Å²) in [6, 6.07) is 9.60. The highest BCUT2D eigenvalue weighted by Gasteiger charge is 2.07. The van der Waals surface area contributed by atoms with E-state index in [4.69, 9.17) is 4.74 Å². The number of ether oxygens (including phenoxy) is 1. The third-order valence-corrected chi connectivity index (χ3v) is 1.99. The van der Waals surface area contributed by atoms with E-state index in [1.165, 1.54) is 0 Å². The first-order valence-corrected chi connectivity index (χ1v) is 5.29. The maximum absolute atomic E-state index is 11.0. The van der Waals surface area contributed by atoms with Gasteiger partial charge in [0.2, 0.25) is 0 Å². The molecule has 3 nitrogen and oxygen atoms in total. The van der Waals surface area contributed by atoms with Gasteiger partial charge >= 0.3 is 5.97 Å². The molecule has 0 aliphatic heterocycles. The summed E-state index contributed by atoms with van der Waals surface area (Å²) in [5.74, 6) is -0.382. The molecule has 0 amide bonds. The average Bonchev–Trinajstić information content (AvgIpc) is 2.28. The average molecular weight is 220 g/mol. The lowest BCUT2D eigenvalue weighted by atomic mass is 10.1. The maximum Gasteiger partial charge on any atom is 0.308 e. The van der Waals surface area contributed by atoms with Crippen LogP contribution in [0, 0.1) is 0 Å². The number of benzene rings is 1. The first-order chi connectivity index (χ1) is 7.72. The molecule has 0 saturated carbocycles. The SMILES string of the molecule is CCOC(=O)CC(O)/C=C\c1ccccc1. The third kappa shape index (κ3) is 4.75. The van der Waals surface area contributed by atoms with Crippen LogP contribution in [0.3, 0.4) is 0 Å². The lowest BCUT2D eigenvalue weighted by molar-refractivity contribution is -0.144. The summed E-state index contributed by atoms with van der Waals surface area (Å²) in [6.45, 7) is 2.08. The molecule has 0 aliphatic rings. The fraction of sp³-hybridized carbons (Fsp3) is 0.308. The van der Waals surface area contributed by atoms with Gasteiger partial charge in [0, 0.05) is 0 Å². The number of carbonyl (C=O) groups is 1. The van der Waals surface area contributed by atoms with E-state index >= 15 is 0 Å². The van der Waals surface area contributed by atoms with Crippen LogP contribution in [0.4, 0.5) is 0 Å². The van der Waals surface area contributed by atoms with Crippen molar-refractivity contribution in [2.24, 2.45) is 0 Å². The lowest BCUT2D eigenvalue weighted by Crippen LogP contribution is -2.13. The quantitative estimate of drug-likeness (QED) is 0.772. The Morgan fingerprint density at radius 3 is 2.75 bits per heavy atom. The van der Waals surface area contributed by atoms with E-state index in [0.717, 1.165) is 5.56 Å². The number of aliphatic hydroxyl groups is 1. The van der Waals surface area contributed by atoms with Gasteiger partial charge in [-0.3, -0.25) is 4.79 Å². The molecule has 0 aromatic heterocycles. The number of hydrogen-bond donors (Lipinski definition) is 1. The van der Waals surface area contributed by atoms with Gasteiger partial charge < -0.3 is 9.84 Å². The molecule has 1 aromatic rings. The van der Waals surface area contributed by atoms with Gasteiger partial charge in [-0.2, -0.15) is 0 Å². The van der Waals surface area contributed by atoms with Crippen molar-refractivity contribution in [3.8, 4) is 0 Å². The van der Waals surface area contributed by atoms with E-state index in [9.17, 15) is 9.90 Å². The molecule has 0 aliphatic carbocycles. The fourth-order valence-electron chi connectivity index (χ4n) is 1.25. The van der Waals surface area contributed by atoms with Gasteiger partial charge in [-0.1, -0.05) is 42.5 Å². The molecular weight excluding hydrogens is 204 g/mol. The fourth-order valence-corrected chi connectivity index (χ4v) is 1.25. The van der Waals surface area contributed by atoms with E-state index in [-0.39, 0.29) is 12.4 Å². The zero-order valence-electron chi connectivity index (χ0n) is 9.30. The van der Waals surface area contributed by atoms with Crippen molar-refractivity contribution >= 4 is 12.0 Å². The highest BCUT2D eigenvalue weighted by molar-refractivity contribution is 5.70. The molecule has 86 valence electrons. The molecular formula is C13H16O3. The molecule has 1 rings (SSSR count). The van der Waals surface area contributed by atoms with Gasteiger partial charge in [-0.05, 0) is 12.5 Å². The van der Waals surface area contributed by atoms with Crippen LogP contribution in [0.25, 0.3) is 6.08 Å². The number of rotatable bonds is 5. The van der Waals surface area contributed by atoms with Gasteiger partial charge in [0.1, 0.15) is 0 Å². The number of aliphatic hydroxyl groups excluding tert-OH is 1. The van der Waals surface area contributed by atoms with Crippen LogP contribution in [0.2, 0.25) is 0 Å². The molecule has 1 unspecified atom stereocenters. The van der Waals surface area contributed by atoms with Crippen LogP contribution in [-0.2, 0) is 9.53 Å². The maximum atomic E-state index is 11.0. The summed E-state index contributed by atoms with van der Waals surface area (Å²) in [6.07, 6.45) is 2.58. The molecule has 1 N–H and O–H groups in total. The normalized spacial score (nSPS) is 12.6. The lowest BCUT2D eigenvalue weighted by Gasteiger charge is -2.04. The van der Waals surface area contributed by atoms with Gasteiger partial charge in [-0.25, -0.2) is 0 Å². The van der Waals surface area contributed by atoms with E-state index in [2.05, 4.69) is 0 Å². The second kappa shape index (κ2) is 6.80. The number of esters is 1. The summed E-state index contributed by atoms with van der Waals surface area (Å²) in [5, 5.41) is 9.52. The molecule has 0 radical (unpaired) electrons. The molecule has 0 bridgehead atoms. The largest absolute Gasteiger partial charge is 0.466 e. The number of hydrogen-bond acceptors (Lipinski definition) is 3. The van der Waals surface area contributed by atoms with E-state index in [1.54, 1.807) is 19.1 Å². The Kier molecular flexibility index (Phi) is 5.29. The summed E-state index contributed by atoms with van der Waals surface area (Å²) in [5.41, 5.74) is 0.991. The Morgan fingerprint density at radius 2 is 2.12 bits per heavy atom. The van der Waals surface area contributed by atoms with E-state index < -0.39 is 6.10 Å². The van der Waals surface area contributed by atoms with Crippen molar-refractivity contribution in [1.82, 2.24) is 0 Å². The summed E-state index contributed by atoms with van der Waals surface area (Å²) in [7, 11) is 0. The molecule has 16 heavy (non-hydrogen) atoms. The van der Waals surface area contributed by atoms with Crippen LogP contribution < -0.4 is 0 Å². The molecule has 3 heteroatoms. The number of carbonyl (C=O) groups excluding carboxylic acids is 1. The third-order valence-electron chi connectivity index (χ3n) is 1.99. The Hall–Kier alpha value is -1.61. The van der Waals surface area contributed by atoms with Crippen LogP contribution in [-0.4, -0.2) is 23.8 Å². The zero-order valence-corrected chi connectivity index (χ0v) is 9.30. The minimum absolute atomic E-state index is 0.00280. The molecule has 1 aromatic carbocycles. The Balaban J connectivity index is 2.42. The van der Waals surface area contributed by atoms with Gasteiger partial charge in [0.15, 0.2) is 0 Å². The van der Waals surface area contributed by atoms with Crippen molar-refractivity contribution in [3.63, 3.8) is 0 Å². The Labute approximate surface area is 95.4 Å². The Morgan fingerprint density at radius 1 is 1.44 bits per heavy atom. The predicted molar refractivity (Wildman–Crippen MR) is 62.7 cm³/mol. The summed E-state index contributed by atoms with van der Waals surface area (Å²) in [4.78, 5) is 11.0. The minimum Gasteiger partial charge on any atom is -0.466 e. The van der Waals surface area contributed by atoms with Gasteiger partial charge in [-0.15, -0.1) is 0 Å². The topological polar surface area (TPSA) is 46.5 Å². The van der Waals surface area contributed by atoms with Crippen molar-refractivity contribution in [1.29, 1.82) is 0 Å². The molecule has 1 atom stereocenters. The van der Waals surface area contributed by atoms with E-state index in [1.807, 2.05) is 30.3 Å². The standard InChI is InChI=1S/C13H16O3/c1-2-16-13(15)10-12(14)9-8-11-6-4-3-5-7-11/h3-9,12,14H,2,10H2,1H3/b9-8-. The minimum atomic E-state index is -0.792. The summed E-state index contributed by atoms with van der Waals surface area (Å²) >= 11 is 0. The van der Waals surface area contributed by atoms with Gasteiger partial charge in [0.05, 0.1) is 19.1 Å². The zero-order chi connectivity index (χ0) is 11.8. The van der Waals surface area contributed by atoms with E-state index in [0.29, 0.717) is 6.61 Å². The van der Waals surface area contributed by atoms with Crippen molar-refractivity contribution < 1.29 is 14.6 Å². The van der Waals surface area contributed by atoms with Crippen LogP contribution in [0.1, 0.15) is 18.9 Å². The van der Waals surface area contributed by atoms with Crippen LogP contribution in [0.5, 0.6) is 0 Å². The highest BCUT2D eigenvalue weighted by Crippen LogP contribution is 2.04. The monoisotopic (exact) mass is 220 g/mol. The second-order valence-corrected chi connectivity index (χ2v) is 3.35. The van der Waals surface area contributed by atoms with Crippen molar-refractivity contribution in [2.75, 3.05) is 6.61 Å². The molecule has 0 saturated heterocycles. The Bertz CT molecular complexity index is 343. The predicted octanol–water partition coefficient (Wildman–Crippen LogP) is 2.01. The van der Waals surface area contributed by atoms with Gasteiger partial charge in [0.25, 0.3) is 0 Å². The first-order valence-electron chi connectivity index (χ1n) is 5.29. The molecule has 0 heterocycles. The molecule has 0 spiro atoms. The van der Waals surface area contributed by atoms with Crippen molar-refractivity contribution in [2.45, 2.75) is 19.4 Å². The molecule has 0 fully saturated rings.